The summed E-state index contributed by atoms with van der Waals surface area (Å²) in [5.41, 5.74) is 3.54. The number of aromatic nitrogens is 1. The van der Waals surface area contributed by atoms with Gasteiger partial charge in [-0.15, -0.1) is 0 Å². The molecule has 0 saturated carbocycles. The summed E-state index contributed by atoms with van der Waals surface area (Å²) in [6.07, 6.45) is 3.46. The normalized spacial score (nSPS) is 20.6. The topological polar surface area (TPSA) is 81.8 Å². The molecule has 0 bridgehead atoms. The van der Waals surface area contributed by atoms with Gasteiger partial charge < -0.3 is 29.2 Å². The number of ether oxygens (including phenoxy) is 4. The van der Waals surface area contributed by atoms with Gasteiger partial charge in [0.05, 0.1) is 37.3 Å². The minimum absolute atomic E-state index is 0.0880. The molecule has 2 aliphatic rings. The average Bonchev–Trinajstić information content (AvgIpc) is 3.39. The Labute approximate surface area is 175 Å². The van der Waals surface area contributed by atoms with E-state index in [-0.39, 0.29) is 18.6 Å². The first-order valence-electron chi connectivity index (χ1n) is 9.73. The monoisotopic (exact) mass is 408 g/mol. The second-order valence-electron chi connectivity index (χ2n) is 7.47. The number of carbonyl (C=O) groups is 1. The van der Waals surface area contributed by atoms with Gasteiger partial charge in [-0.05, 0) is 38.1 Å². The summed E-state index contributed by atoms with van der Waals surface area (Å²) in [6, 6.07) is 7.43. The van der Waals surface area contributed by atoms with E-state index in [1.54, 1.807) is 19.4 Å². The molecule has 2 N–H and O–H groups in total. The molecule has 156 valence electrons. The Morgan fingerprint density at radius 1 is 1.33 bits per heavy atom. The Bertz CT molecular complexity index is 1040. The van der Waals surface area contributed by atoms with Crippen LogP contribution in [0.25, 0.3) is 11.6 Å². The third-order valence-corrected chi connectivity index (χ3v) is 4.84. The van der Waals surface area contributed by atoms with Gasteiger partial charge in [-0.25, -0.2) is 0 Å². The average molecular weight is 408 g/mol. The van der Waals surface area contributed by atoms with Crippen molar-refractivity contribution >= 4 is 23.2 Å². The highest BCUT2D eigenvalue weighted by Crippen LogP contribution is 2.36. The molecule has 4 rings (SSSR count). The molecule has 1 aromatic heterocycles. The van der Waals surface area contributed by atoms with Crippen LogP contribution in [0.3, 0.4) is 0 Å². The van der Waals surface area contributed by atoms with Crippen LogP contribution in [-0.4, -0.2) is 49.7 Å². The van der Waals surface area contributed by atoms with Crippen LogP contribution in [-0.2, 0) is 19.0 Å². The number of rotatable bonds is 5. The van der Waals surface area contributed by atoms with Gasteiger partial charge in [0.2, 0.25) is 0 Å². The van der Waals surface area contributed by atoms with E-state index in [0.29, 0.717) is 24.5 Å². The lowest BCUT2D eigenvalue weighted by molar-refractivity contribution is -0.144. The molecule has 2 aliphatic heterocycles. The van der Waals surface area contributed by atoms with Gasteiger partial charge in [0.15, 0.2) is 5.79 Å². The van der Waals surface area contributed by atoms with Gasteiger partial charge in [0.1, 0.15) is 18.5 Å². The van der Waals surface area contributed by atoms with Crippen LogP contribution in [0.1, 0.15) is 30.7 Å². The smallest absolute Gasteiger partial charge is 0.256 e. The molecule has 30 heavy (non-hydrogen) atoms. The summed E-state index contributed by atoms with van der Waals surface area (Å²) in [7, 11) is 1.59. The highest BCUT2D eigenvalue weighted by Gasteiger charge is 2.32. The van der Waals surface area contributed by atoms with Crippen molar-refractivity contribution in [2.75, 3.05) is 32.2 Å². The lowest BCUT2D eigenvalue weighted by atomic mass is 10.00. The maximum Gasteiger partial charge on any atom is 0.256 e. The second kappa shape index (κ2) is 8.36. The lowest BCUT2D eigenvalue weighted by Gasteiger charge is -2.16. The van der Waals surface area contributed by atoms with Gasteiger partial charge in [-0.3, -0.25) is 4.79 Å². The van der Waals surface area contributed by atoms with Gasteiger partial charge in [-0.2, -0.15) is 0 Å². The minimum atomic E-state index is -0.561. The zero-order valence-corrected chi connectivity index (χ0v) is 17.2. The molecule has 7 heteroatoms. The first-order valence-corrected chi connectivity index (χ1v) is 9.73. The van der Waals surface area contributed by atoms with Crippen LogP contribution in [0.2, 0.25) is 0 Å². The number of fused-ring (bicyclic) bond motifs is 1. The fourth-order valence-corrected chi connectivity index (χ4v) is 3.51. The number of anilines is 1. The van der Waals surface area contributed by atoms with Crippen molar-refractivity contribution in [3.63, 3.8) is 0 Å². The number of hydrogen-bond donors (Lipinski definition) is 2. The number of H-pyrrole nitrogens is 1. The van der Waals surface area contributed by atoms with Crippen LogP contribution in [0.5, 0.6) is 5.75 Å². The van der Waals surface area contributed by atoms with Crippen molar-refractivity contribution in [3.05, 3.63) is 47.3 Å². The summed E-state index contributed by atoms with van der Waals surface area (Å²) >= 11 is 0. The first kappa shape index (κ1) is 20.2. The van der Waals surface area contributed by atoms with Crippen LogP contribution in [0.15, 0.2) is 30.5 Å². The molecule has 0 radical (unpaired) electrons. The molecule has 0 aliphatic carbocycles. The Morgan fingerprint density at radius 3 is 2.97 bits per heavy atom. The third kappa shape index (κ3) is 4.26. The number of aromatic amines is 1. The van der Waals surface area contributed by atoms with Crippen LogP contribution in [0, 0.1) is 11.8 Å². The molecule has 1 aromatic carbocycles. The molecular formula is C23H24N2O5. The van der Waals surface area contributed by atoms with Crippen LogP contribution < -0.4 is 10.1 Å². The molecule has 1 fully saturated rings. The van der Waals surface area contributed by atoms with Crippen molar-refractivity contribution in [1.82, 2.24) is 4.98 Å². The maximum absolute atomic E-state index is 12.6. The molecular weight excluding hydrogens is 384 g/mol. The minimum Gasteiger partial charge on any atom is -0.495 e. The highest BCUT2D eigenvalue weighted by molar-refractivity contribution is 6.35. The standard InChI is InChI=1S/C23H24N2O5/c1-23(2)29-14-16(30-23)13-28-11-5-7-15-6-4-8-18-21(15)17(22(26)25-18)12-19-20(27-3)9-10-24-19/h4,6,8-10,12,16,24H,11,13-14H2,1-3H3,(H,25,26). The molecule has 1 amide bonds. The molecule has 0 spiro atoms. The number of amides is 1. The van der Waals surface area contributed by atoms with Crippen LogP contribution in [0.4, 0.5) is 5.69 Å². The molecule has 3 heterocycles. The van der Waals surface area contributed by atoms with E-state index >= 15 is 0 Å². The van der Waals surface area contributed by atoms with Gasteiger partial charge in [0.25, 0.3) is 5.91 Å². The number of nitrogens with one attached hydrogen (secondary N) is 2. The molecule has 1 unspecified atom stereocenters. The molecule has 2 aromatic rings. The van der Waals surface area contributed by atoms with Gasteiger partial charge in [0, 0.05) is 17.3 Å². The lowest BCUT2D eigenvalue weighted by Crippen LogP contribution is -2.24. The Kier molecular flexibility index (Phi) is 5.64. The third-order valence-electron chi connectivity index (χ3n) is 4.84. The Balaban J connectivity index is 1.49. The summed E-state index contributed by atoms with van der Waals surface area (Å²) in [4.78, 5) is 15.6. The molecule has 1 atom stereocenters. The highest BCUT2D eigenvalue weighted by atomic mass is 16.7. The fourth-order valence-electron chi connectivity index (χ4n) is 3.51. The van der Waals surface area contributed by atoms with E-state index in [4.69, 9.17) is 18.9 Å². The predicted molar refractivity (Wildman–Crippen MR) is 113 cm³/mol. The quantitative estimate of drug-likeness (QED) is 0.452. The van der Waals surface area contributed by atoms with E-state index in [9.17, 15) is 4.79 Å². The number of methoxy groups -OCH3 is 1. The van der Waals surface area contributed by atoms with Crippen molar-refractivity contribution in [2.45, 2.75) is 25.7 Å². The predicted octanol–water partition coefficient (Wildman–Crippen LogP) is 3.04. The first-order chi connectivity index (χ1) is 14.5. The number of benzene rings is 1. The zero-order valence-electron chi connectivity index (χ0n) is 17.2. The van der Waals surface area contributed by atoms with E-state index in [1.165, 1.54) is 0 Å². The zero-order chi connectivity index (χ0) is 21.1. The fraction of sp³-hybridized carbons (Fsp3) is 0.348. The van der Waals surface area contributed by atoms with E-state index in [2.05, 4.69) is 22.1 Å². The molecule has 7 nitrogen and oxygen atoms in total. The summed E-state index contributed by atoms with van der Waals surface area (Å²) in [5, 5.41) is 2.89. The van der Waals surface area contributed by atoms with E-state index in [1.807, 2.05) is 38.1 Å². The Hall–Kier alpha value is -3.05. The number of hydrogen-bond acceptors (Lipinski definition) is 5. The van der Waals surface area contributed by atoms with Crippen molar-refractivity contribution in [3.8, 4) is 17.6 Å². The number of carbonyl (C=O) groups excluding carboxylic acids is 1. The summed E-state index contributed by atoms with van der Waals surface area (Å²) < 4.78 is 22.2. The summed E-state index contributed by atoms with van der Waals surface area (Å²) in [5.74, 6) is 6.08. The Morgan fingerprint density at radius 2 is 2.20 bits per heavy atom. The second-order valence-corrected chi connectivity index (χ2v) is 7.47. The van der Waals surface area contributed by atoms with E-state index < -0.39 is 5.79 Å². The van der Waals surface area contributed by atoms with Crippen molar-refractivity contribution < 1.29 is 23.7 Å². The van der Waals surface area contributed by atoms with Crippen molar-refractivity contribution in [1.29, 1.82) is 0 Å². The van der Waals surface area contributed by atoms with Crippen LogP contribution >= 0.6 is 0 Å². The molecule has 1 saturated heterocycles. The summed E-state index contributed by atoms with van der Waals surface area (Å²) in [6.45, 7) is 4.95. The maximum atomic E-state index is 12.6. The van der Waals surface area contributed by atoms with Gasteiger partial charge >= 0.3 is 0 Å². The van der Waals surface area contributed by atoms with Crippen molar-refractivity contribution in [2.24, 2.45) is 0 Å². The largest absolute Gasteiger partial charge is 0.495 e. The van der Waals surface area contributed by atoms with Gasteiger partial charge in [-0.1, -0.05) is 17.9 Å². The SMILES string of the molecule is COc1cc[nH]c1C=C1C(=O)Nc2cccc(C#CCOCC3COC(C)(C)O3)c21. The van der Waals surface area contributed by atoms with E-state index in [0.717, 1.165) is 22.5 Å².